The number of carbonyl (C=O) groups is 1. The summed E-state index contributed by atoms with van der Waals surface area (Å²) in [6.45, 7) is 2.49. The van der Waals surface area contributed by atoms with Crippen LogP contribution in [0, 0.1) is 11.7 Å². The standard InChI is InChI=1S/C23H24N6OS/c1-14-5-7-16(8-6-14)22-27-28-23(31)29(22)12-11-20(30)24-17-9-10-18-19(13-17)26-21(25-18)15-3-2-4-15/h5-10,13,15H,2-4,11-12H2,1H3,(H,24,30)(H,25,26)(H,28,31). The molecular weight excluding hydrogens is 408 g/mol. The molecule has 1 fully saturated rings. The molecule has 0 bridgehead atoms. The van der Waals surface area contributed by atoms with E-state index in [0.29, 0.717) is 23.7 Å². The van der Waals surface area contributed by atoms with Gasteiger partial charge in [-0.25, -0.2) is 4.98 Å². The highest BCUT2D eigenvalue weighted by molar-refractivity contribution is 7.71. The van der Waals surface area contributed by atoms with Crippen molar-refractivity contribution < 1.29 is 4.79 Å². The van der Waals surface area contributed by atoms with Gasteiger partial charge >= 0.3 is 0 Å². The summed E-state index contributed by atoms with van der Waals surface area (Å²) >= 11 is 5.37. The summed E-state index contributed by atoms with van der Waals surface area (Å²) in [5.41, 5.74) is 4.80. The second kappa shape index (κ2) is 8.11. The topological polar surface area (TPSA) is 91.4 Å². The number of hydrogen-bond donors (Lipinski definition) is 3. The summed E-state index contributed by atoms with van der Waals surface area (Å²) < 4.78 is 2.37. The number of hydrogen-bond acceptors (Lipinski definition) is 4. The predicted molar refractivity (Wildman–Crippen MR) is 124 cm³/mol. The number of anilines is 1. The zero-order chi connectivity index (χ0) is 21.4. The molecule has 1 aliphatic carbocycles. The van der Waals surface area contributed by atoms with E-state index in [0.717, 1.165) is 33.9 Å². The molecule has 0 radical (unpaired) electrons. The molecule has 1 saturated carbocycles. The molecule has 0 saturated heterocycles. The average Bonchev–Trinajstić information content (AvgIpc) is 3.28. The number of aromatic amines is 2. The number of carbonyl (C=O) groups excluding carboxylic acids is 1. The Morgan fingerprint density at radius 1 is 1.23 bits per heavy atom. The highest BCUT2D eigenvalue weighted by Gasteiger charge is 2.22. The number of nitrogens with one attached hydrogen (secondary N) is 3. The molecule has 0 unspecified atom stereocenters. The van der Waals surface area contributed by atoms with E-state index in [2.05, 4.69) is 25.5 Å². The summed E-state index contributed by atoms with van der Waals surface area (Å²) in [6.07, 6.45) is 3.96. The van der Waals surface area contributed by atoms with Crippen molar-refractivity contribution in [3.05, 3.63) is 58.6 Å². The number of benzene rings is 2. The molecule has 0 aliphatic heterocycles. The largest absolute Gasteiger partial charge is 0.342 e. The van der Waals surface area contributed by atoms with Crippen LogP contribution in [0.5, 0.6) is 0 Å². The molecule has 7 nitrogen and oxygen atoms in total. The van der Waals surface area contributed by atoms with Gasteiger partial charge in [0.25, 0.3) is 0 Å². The number of fused-ring (bicyclic) bond motifs is 1. The lowest BCUT2D eigenvalue weighted by Gasteiger charge is -2.22. The van der Waals surface area contributed by atoms with Gasteiger partial charge in [-0.15, -0.1) is 0 Å². The fourth-order valence-corrected chi connectivity index (χ4v) is 4.09. The summed E-state index contributed by atoms with van der Waals surface area (Å²) in [4.78, 5) is 20.7. The van der Waals surface area contributed by atoms with E-state index in [1.54, 1.807) is 0 Å². The zero-order valence-corrected chi connectivity index (χ0v) is 18.1. The van der Waals surface area contributed by atoms with Crippen molar-refractivity contribution >= 4 is 34.8 Å². The molecule has 158 valence electrons. The van der Waals surface area contributed by atoms with E-state index in [4.69, 9.17) is 12.2 Å². The van der Waals surface area contributed by atoms with Crippen molar-refractivity contribution in [3.8, 4) is 11.4 Å². The van der Waals surface area contributed by atoms with E-state index >= 15 is 0 Å². The quantitative estimate of drug-likeness (QED) is 0.370. The summed E-state index contributed by atoms with van der Waals surface area (Å²) in [7, 11) is 0. The Labute approximate surface area is 184 Å². The van der Waals surface area contributed by atoms with Crippen LogP contribution in [-0.2, 0) is 11.3 Å². The molecule has 2 heterocycles. The number of aromatic nitrogens is 5. The normalized spacial score (nSPS) is 14.0. The molecule has 0 atom stereocenters. The minimum Gasteiger partial charge on any atom is -0.342 e. The van der Waals surface area contributed by atoms with Crippen LogP contribution < -0.4 is 5.32 Å². The van der Waals surface area contributed by atoms with Crippen LogP contribution in [0.15, 0.2) is 42.5 Å². The molecular formula is C23H24N6OS. The Morgan fingerprint density at radius 2 is 2.03 bits per heavy atom. The second-order valence-corrected chi connectivity index (χ2v) is 8.54. The molecule has 0 spiro atoms. The molecule has 2 aromatic carbocycles. The van der Waals surface area contributed by atoms with Crippen molar-refractivity contribution in [1.82, 2.24) is 24.7 Å². The predicted octanol–water partition coefficient (Wildman–Crippen LogP) is 5.09. The Kier molecular flexibility index (Phi) is 5.15. The van der Waals surface area contributed by atoms with Crippen LogP contribution in [0.4, 0.5) is 5.69 Å². The lowest BCUT2D eigenvalue weighted by molar-refractivity contribution is -0.116. The maximum absolute atomic E-state index is 12.6. The van der Waals surface area contributed by atoms with E-state index in [-0.39, 0.29) is 5.91 Å². The van der Waals surface area contributed by atoms with Gasteiger partial charge in [0, 0.05) is 30.1 Å². The molecule has 4 aromatic rings. The maximum Gasteiger partial charge on any atom is 0.226 e. The van der Waals surface area contributed by atoms with Gasteiger partial charge in [0.1, 0.15) is 5.82 Å². The Morgan fingerprint density at radius 3 is 2.77 bits per heavy atom. The first-order valence-corrected chi connectivity index (χ1v) is 11.0. The number of nitrogens with zero attached hydrogens (tertiary/aromatic N) is 3. The minimum atomic E-state index is -0.0731. The maximum atomic E-state index is 12.6. The van der Waals surface area contributed by atoms with Crippen molar-refractivity contribution in [2.24, 2.45) is 0 Å². The third kappa shape index (κ3) is 4.03. The summed E-state index contributed by atoms with van der Waals surface area (Å²) in [6, 6.07) is 13.9. The number of amides is 1. The Hall–Kier alpha value is -3.26. The smallest absolute Gasteiger partial charge is 0.226 e. The third-order valence-corrected chi connectivity index (χ3v) is 6.22. The van der Waals surface area contributed by atoms with Crippen molar-refractivity contribution in [2.45, 2.75) is 45.1 Å². The number of aryl methyl sites for hydroxylation is 1. The molecule has 31 heavy (non-hydrogen) atoms. The fourth-order valence-electron chi connectivity index (χ4n) is 3.87. The van der Waals surface area contributed by atoms with Crippen LogP contribution in [0.2, 0.25) is 0 Å². The number of H-pyrrole nitrogens is 2. The molecule has 5 rings (SSSR count). The lowest BCUT2D eigenvalue weighted by atomic mass is 9.85. The zero-order valence-electron chi connectivity index (χ0n) is 17.3. The van der Waals surface area contributed by atoms with Crippen molar-refractivity contribution in [3.63, 3.8) is 0 Å². The molecule has 1 aliphatic rings. The monoisotopic (exact) mass is 432 g/mol. The van der Waals surface area contributed by atoms with Crippen LogP contribution in [-0.4, -0.2) is 30.6 Å². The van der Waals surface area contributed by atoms with Gasteiger partial charge in [-0.05, 0) is 50.2 Å². The van der Waals surface area contributed by atoms with Gasteiger partial charge in [-0.2, -0.15) is 5.10 Å². The van der Waals surface area contributed by atoms with Crippen molar-refractivity contribution in [2.75, 3.05) is 5.32 Å². The van der Waals surface area contributed by atoms with Gasteiger partial charge in [0.05, 0.1) is 11.0 Å². The van der Waals surface area contributed by atoms with Crippen LogP contribution >= 0.6 is 12.2 Å². The second-order valence-electron chi connectivity index (χ2n) is 8.15. The van der Waals surface area contributed by atoms with E-state index in [1.165, 1.54) is 24.8 Å². The average molecular weight is 433 g/mol. The number of imidazole rings is 1. The van der Waals surface area contributed by atoms with Gasteiger partial charge < -0.3 is 10.3 Å². The van der Waals surface area contributed by atoms with E-state index < -0.39 is 0 Å². The van der Waals surface area contributed by atoms with Gasteiger partial charge in [0.2, 0.25) is 5.91 Å². The first kappa shape index (κ1) is 19.7. The SMILES string of the molecule is Cc1ccc(-c2n[nH]c(=S)n2CCC(=O)Nc2ccc3nc(C4CCC4)[nH]c3c2)cc1. The highest BCUT2D eigenvalue weighted by atomic mass is 32.1. The van der Waals surface area contributed by atoms with Crippen LogP contribution in [0.25, 0.3) is 22.4 Å². The van der Waals surface area contributed by atoms with Gasteiger partial charge in [0.15, 0.2) is 10.6 Å². The number of rotatable bonds is 6. The molecule has 2 aromatic heterocycles. The first-order valence-electron chi connectivity index (χ1n) is 10.6. The van der Waals surface area contributed by atoms with Crippen LogP contribution in [0.1, 0.15) is 43.0 Å². The first-order chi connectivity index (χ1) is 15.1. The minimum absolute atomic E-state index is 0.0731. The summed E-state index contributed by atoms with van der Waals surface area (Å²) in [5.74, 6) is 2.27. The fraction of sp³-hybridized carbons (Fsp3) is 0.304. The van der Waals surface area contributed by atoms with E-state index in [1.807, 2.05) is 54.0 Å². The Bertz CT molecular complexity index is 1300. The Balaban J connectivity index is 1.27. The van der Waals surface area contributed by atoms with Gasteiger partial charge in [-0.1, -0.05) is 36.2 Å². The molecule has 3 N–H and O–H groups in total. The summed E-state index contributed by atoms with van der Waals surface area (Å²) in [5, 5.41) is 10.2. The molecule has 1 amide bonds. The highest BCUT2D eigenvalue weighted by Crippen LogP contribution is 2.35. The lowest BCUT2D eigenvalue weighted by Crippen LogP contribution is -2.15. The van der Waals surface area contributed by atoms with Crippen LogP contribution in [0.3, 0.4) is 0 Å². The van der Waals surface area contributed by atoms with Gasteiger partial charge in [-0.3, -0.25) is 14.5 Å². The van der Waals surface area contributed by atoms with E-state index in [9.17, 15) is 4.79 Å². The molecule has 8 heteroatoms. The third-order valence-electron chi connectivity index (χ3n) is 5.91. The van der Waals surface area contributed by atoms with Crippen molar-refractivity contribution in [1.29, 1.82) is 0 Å².